The number of fused-ring (bicyclic) bond motifs is 1. The van der Waals surface area contributed by atoms with Crippen LogP contribution >= 0.6 is 0 Å². The Hall–Kier alpha value is -2.47. The van der Waals surface area contributed by atoms with Crippen LogP contribution in [0.5, 0.6) is 0 Å². The number of para-hydroxylation sites is 1. The molecule has 2 fully saturated rings. The maximum atomic E-state index is 13.0. The number of unbranched alkanes of at least 4 members (excludes halogenated alkanes) is 9. The van der Waals surface area contributed by atoms with E-state index in [1.165, 1.54) is 57.8 Å². The van der Waals surface area contributed by atoms with Gasteiger partial charge in [0, 0.05) is 48.0 Å². The number of imide groups is 1. The molecule has 2 amide bonds. The predicted molar refractivity (Wildman–Crippen MR) is 169 cm³/mol. The summed E-state index contributed by atoms with van der Waals surface area (Å²) in [5.74, 6) is 0.142. The van der Waals surface area contributed by atoms with Crippen LogP contribution in [0, 0.1) is 5.92 Å². The van der Waals surface area contributed by atoms with Crippen LogP contribution in [0.4, 0.5) is 0 Å². The first kappa shape index (κ1) is 33.0. The molecule has 1 unspecified atom stereocenters. The quantitative estimate of drug-likeness (QED) is 0.208. The van der Waals surface area contributed by atoms with Crippen molar-refractivity contribution >= 4 is 28.6 Å². The van der Waals surface area contributed by atoms with Crippen LogP contribution in [0.25, 0.3) is 10.9 Å². The molecule has 41 heavy (non-hydrogen) atoms. The number of carbonyl (C=O) groups excluding carboxylic acids is 3. The summed E-state index contributed by atoms with van der Waals surface area (Å²) in [4.78, 5) is 38.4. The number of hydrogen-bond donors (Lipinski definition) is 1. The first-order valence-electron chi connectivity index (χ1n) is 16.2. The lowest BCUT2D eigenvalue weighted by atomic mass is 9.79. The standard InChI is InChI=1S/C25H46N2O2.C10H9NO/c1-6-7-8-9-10-11-12-13-14-15-16-20-17-22(28)27(23(20)29)21-18-24(2,3)26-25(4,5)19-21;1-8(12)11-7-6-9-4-2-3-5-10(9)11/h20-21,26H,6-19H2,1-5H3;2-7H,1H3. The van der Waals surface area contributed by atoms with Crippen LogP contribution in [0.3, 0.4) is 0 Å². The Morgan fingerprint density at radius 1 is 0.854 bits per heavy atom. The molecule has 228 valence electrons. The number of amides is 2. The molecule has 1 atom stereocenters. The average molecular weight is 566 g/mol. The monoisotopic (exact) mass is 565 g/mol. The SMILES string of the molecule is CC(=O)n1ccc2ccccc21.CCCCCCCCCCCCC1CC(=O)N(C2CC(C)(C)NC(C)(C)C2)C1=O. The second-order valence-electron chi connectivity index (χ2n) is 13.7. The third-order valence-electron chi connectivity index (χ3n) is 8.66. The molecule has 0 spiro atoms. The topological polar surface area (TPSA) is 71.4 Å². The summed E-state index contributed by atoms with van der Waals surface area (Å²) < 4.78 is 1.65. The van der Waals surface area contributed by atoms with Crippen molar-refractivity contribution in [1.82, 2.24) is 14.8 Å². The van der Waals surface area contributed by atoms with Crippen molar-refractivity contribution < 1.29 is 14.4 Å². The third kappa shape index (κ3) is 9.80. The van der Waals surface area contributed by atoms with E-state index in [4.69, 9.17) is 0 Å². The largest absolute Gasteiger partial charge is 0.307 e. The summed E-state index contributed by atoms with van der Waals surface area (Å²) in [6.07, 6.45) is 17.8. The van der Waals surface area contributed by atoms with Gasteiger partial charge in [-0.25, -0.2) is 0 Å². The second-order valence-corrected chi connectivity index (χ2v) is 13.7. The highest BCUT2D eigenvalue weighted by atomic mass is 16.2. The van der Waals surface area contributed by atoms with Crippen molar-refractivity contribution in [2.24, 2.45) is 5.92 Å². The minimum Gasteiger partial charge on any atom is -0.307 e. The van der Waals surface area contributed by atoms with Gasteiger partial charge in [0.15, 0.2) is 0 Å². The average Bonchev–Trinajstić information content (AvgIpc) is 3.44. The second kappa shape index (κ2) is 15.1. The van der Waals surface area contributed by atoms with Gasteiger partial charge in [-0.2, -0.15) is 0 Å². The van der Waals surface area contributed by atoms with Gasteiger partial charge in [0.1, 0.15) is 0 Å². The predicted octanol–water partition coefficient (Wildman–Crippen LogP) is 8.28. The van der Waals surface area contributed by atoms with Gasteiger partial charge in [-0.15, -0.1) is 0 Å². The molecule has 1 aromatic heterocycles. The van der Waals surface area contributed by atoms with Gasteiger partial charge >= 0.3 is 0 Å². The van der Waals surface area contributed by atoms with E-state index in [-0.39, 0.29) is 40.8 Å². The van der Waals surface area contributed by atoms with Crippen molar-refractivity contribution in [3.8, 4) is 0 Å². The van der Waals surface area contributed by atoms with E-state index in [2.05, 4.69) is 39.9 Å². The maximum Gasteiger partial charge on any atom is 0.233 e. The summed E-state index contributed by atoms with van der Waals surface area (Å²) in [6.45, 7) is 12.5. The van der Waals surface area contributed by atoms with Crippen molar-refractivity contribution in [1.29, 1.82) is 0 Å². The minimum atomic E-state index is -0.0716. The van der Waals surface area contributed by atoms with E-state index in [1.807, 2.05) is 30.3 Å². The number of likely N-dealkylation sites (tertiary alicyclic amines) is 1. The molecular formula is C35H55N3O3. The Kier molecular flexibility index (Phi) is 12.2. The van der Waals surface area contributed by atoms with E-state index in [9.17, 15) is 14.4 Å². The van der Waals surface area contributed by atoms with Crippen LogP contribution in [0.15, 0.2) is 36.5 Å². The highest BCUT2D eigenvalue weighted by Crippen LogP contribution is 2.36. The Balaban J connectivity index is 0.000000317. The van der Waals surface area contributed by atoms with Crippen LogP contribution in [0.1, 0.15) is 136 Å². The molecule has 0 bridgehead atoms. The van der Waals surface area contributed by atoms with Gasteiger partial charge in [0.05, 0.1) is 5.52 Å². The molecule has 4 rings (SSSR count). The van der Waals surface area contributed by atoms with E-state index >= 15 is 0 Å². The zero-order valence-corrected chi connectivity index (χ0v) is 26.6. The molecule has 6 nitrogen and oxygen atoms in total. The molecule has 0 aliphatic carbocycles. The Morgan fingerprint density at radius 3 is 2.00 bits per heavy atom. The molecule has 2 aliphatic heterocycles. The number of rotatable bonds is 12. The maximum absolute atomic E-state index is 13.0. The lowest BCUT2D eigenvalue weighted by Gasteiger charge is -2.48. The summed E-state index contributed by atoms with van der Waals surface area (Å²) in [5.41, 5.74) is 0.869. The Bertz CT molecular complexity index is 1130. The first-order valence-corrected chi connectivity index (χ1v) is 16.2. The van der Waals surface area contributed by atoms with Crippen molar-refractivity contribution in [2.75, 3.05) is 0 Å². The number of nitrogens with one attached hydrogen (secondary N) is 1. The van der Waals surface area contributed by atoms with Gasteiger partial charge < -0.3 is 5.32 Å². The Morgan fingerprint density at radius 2 is 1.41 bits per heavy atom. The van der Waals surface area contributed by atoms with Crippen LogP contribution in [-0.2, 0) is 9.59 Å². The number of hydrogen-bond acceptors (Lipinski definition) is 4. The van der Waals surface area contributed by atoms with E-state index < -0.39 is 0 Å². The van der Waals surface area contributed by atoms with Crippen molar-refractivity contribution in [3.63, 3.8) is 0 Å². The molecule has 0 saturated carbocycles. The molecule has 1 aromatic carbocycles. The molecule has 3 heterocycles. The van der Waals surface area contributed by atoms with Gasteiger partial charge in [0.2, 0.25) is 17.7 Å². The molecule has 6 heteroatoms. The zero-order chi connectivity index (χ0) is 30.0. The van der Waals surface area contributed by atoms with Gasteiger partial charge in [-0.3, -0.25) is 23.9 Å². The van der Waals surface area contributed by atoms with Gasteiger partial charge in [-0.05, 0) is 59.1 Å². The lowest BCUT2D eigenvalue weighted by Crippen LogP contribution is -2.62. The fourth-order valence-corrected chi connectivity index (χ4v) is 7.01. The van der Waals surface area contributed by atoms with Crippen molar-refractivity contribution in [3.05, 3.63) is 36.5 Å². The smallest absolute Gasteiger partial charge is 0.233 e. The minimum absolute atomic E-state index is 0.0407. The van der Waals surface area contributed by atoms with E-state index in [0.29, 0.717) is 6.42 Å². The summed E-state index contributed by atoms with van der Waals surface area (Å²) in [6, 6.07) is 9.82. The number of nitrogens with zero attached hydrogens (tertiary/aromatic N) is 2. The lowest BCUT2D eigenvalue weighted by molar-refractivity contribution is -0.144. The number of benzene rings is 1. The van der Waals surface area contributed by atoms with E-state index in [1.54, 1.807) is 22.6 Å². The number of carbonyl (C=O) groups is 3. The number of piperidine rings is 1. The van der Waals surface area contributed by atoms with Crippen LogP contribution < -0.4 is 5.32 Å². The molecule has 2 saturated heterocycles. The molecule has 2 aromatic rings. The van der Waals surface area contributed by atoms with Crippen LogP contribution in [-0.4, -0.2) is 44.3 Å². The highest BCUT2D eigenvalue weighted by molar-refractivity contribution is 6.03. The normalized spacial score (nSPS) is 20.3. The molecular weight excluding hydrogens is 510 g/mol. The third-order valence-corrected chi connectivity index (χ3v) is 8.66. The van der Waals surface area contributed by atoms with E-state index in [0.717, 1.165) is 36.6 Å². The first-order chi connectivity index (χ1) is 19.4. The zero-order valence-electron chi connectivity index (χ0n) is 26.6. The highest BCUT2D eigenvalue weighted by Gasteiger charge is 2.47. The molecule has 2 aliphatic rings. The molecule has 1 N–H and O–H groups in total. The molecule has 0 radical (unpaired) electrons. The fraction of sp³-hybridized carbons (Fsp3) is 0.686. The van der Waals surface area contributed by atoms with Crippen LogP contribution in [0.2, 0.25) is 0 Å². The summed E-state index contributed by atoms with van der Waals surface area (Å²) in [5, 5.41) is 4.75. The van der Waals surface area contributed by atoms with Gasteiger partial charge in [-0.1, -0.05) is 89.3 Å². The fourth-order valence-electron chi connectivity index (χ4n) is 7.01. The van der Waals surface area contributed by atoms with Crippen molar-refractivity contribution in [2.45, 2.75) is 149 Å². The Labute approximate surface area is 248 Å². The number of aromatic nitrogens is 1. The summed E-state index contributed by atoms with van der Waals surface area (Å²) >= 11 is 0. The summed E-state index contributed by atoms with van der Waals surface area (Å²) in [7, 11) is 0. The van der Waals surface area contributed by atoms with Gasteiger partial charge in [0.25, 0.3) is 0 Å².